The number of rotatable bonds is 7. The predicted octanol–water partition coefficient (Wildman–Crippen LogP) is 14.3. The zero-order valence-corrected chi connectivity index (χ0v) is 34.5. The highest BCUT2D eigenvalue weighted by molar-refractivity contribution is 6.12. The second kappa shape index (κ2) is 15.2. The van der Waals surface area contributed by atoms with E-state index in [1.807, 2.05) is 36.4 Å². The van der Waals surface area contributed by atoms with Crippen molar-refractivity contribution in [3.05, 3.63) is 224 Å². The van der Waals surface area contributed by atoms with Gasteiger partial charge in [0.05, 0.1) is 39.4 Å². The largest absolute Gasteiger partial charge is 0.309 e. The van der Waals surface area contributed by atoms with Gasteiger partial charge in [0.15, 0.2) is 17.5 Å². The van der Waals surface area contributed by atoms with Gasteiger partial charge in [0.2, 0.25) is 0 Å². The van der Waals surface area contributed by atoms with Gasteiger partial charge in [-0.2, -0.15) is 5.26 Å². The molecule has 0 atom stereocenters. The summed E-state index contributed by atoms with van der Waals surface area (Å²) in [7, 11) is 0. The van der Waals surface area contributed by atoms with Crippen LogP contribution in [0.3, 0.4) is 0 Å². The second-order valence-electron chi connectivity index (χ2n) is 16.0. The molecule has 6 nitrogen and oxygen atoms in total. The summed E-state index contributed by atoms with van der Waals surface area (Å²) in [5.74, 6) is 1.57. The van der Waals surface area contributed by atoms with E-state index in [9.17, 15) is 5.26 Å². The maximum atomic E-state index is 9.84. The molecule has 0 fully saturated rings. The molecule has 9 aromatic carbocycles. The van der Waals surface area contributed by atoms with Crippen molar-refractivity contribution in [3.63, 3.8) is 0 Å². The smallest absolute Gasteiger partial charge is 0.164 e. The van der Waals surface area contributed by atoms with Crippen LogP contribution in [0.1, 0.15) is 5.56 Å². The third-order valence-electron chi connectivity index (χ3n) is 12.2. The molecule has 3 heterocycles. The van der Waals surface area contributed by atoms with E-state index >= 15 is 0 Å². The molecule has 0 aliphatic rings. The highest BCUT2D eigenvalue weighted by atomic mass is 15.0. The Hall–Kier alpha value is -8.92. The first-order valence-corrected chi connectivity index (χ1v) is 21.3. The Morgan fingerprint density at radius 2 is 0.797 bits per heavy atom. The molecule has 0 saturated heterocycles. The molecular weight excluding hydrogens is 781 g/mol. The van der Waals surface area contributed by atoms with E-state index in [2.05, 4.69) is 191 Å². The van der Waals surface area contributed by atoms with E-state index in [0.29, 0.717) is 23.0 Å². The molecule has 0 amide bonds. The summed E-state index contributed by atoms with van der Waals surface area (Å²) in [5, 5.41) is 14.6. The molecule has 0 N–H and O–H groups in total. The van der Waals surface area contributed by atoms with E-state index in [0.717, 1.165) is 83.2 Å². The van der Waals surface area contributed by atoms with Gasteiger partial charge >= 0.3 is 0 Å². The first-order chi connectivity index (χ1) is 31.7. The molecular formula is C58H36N6. The molecule has 0 aliphatic carbocycles. The minimum absolute atomic E-state index is 0.491. The molecule has 3 aromatic heterocycles. The van der Waals surface area contributed by atoms with Crippen LogP contribution in [0.25, 0.3) is 111 Å². The Kier molecular flexibility index (Phi) is 8.77. The van der Waals surface area contributed by atoms with Gasteiger partial charge in [0.1, 0.15) is 0 Å². The minimum Gasteiger partial charge on any atom is -0.309 e. The lowest BCUT2D eigenvalue weighted by Crippen LogP contribution is -2.03. The summed E-state index contributed by atoms with van der Waals surface area (Å²) in [4.78, 5) is 15.4. The summed E-state index contributed by atoms with van der Waals surface area (Å²) in [6.07, 6.45) is 0. The number of aromatic nitrogens is 5. The third-order valence-corrected chi connectivity index (χ3v) is 12.2. The molecule has 0 spiro atoms. The SMILES string of the molecule is N#Cc1cccc(-c2nc(-c3ccc(-c4ccccc4)cc3)nc(-c3ccc(-c4ccccc4)c(-n4c5ccccc5c5ccc(-n6c7ccccc7c7ccccc76)cc54)c3)n2)c1. The van der Waals surface area contributed by atoms with Crippen molar-refractivity contribution >= 4 is 43.6 Å². The fourth-order valence-corrected chi connectivity index (χ4v) is 9.21. The van der Waals surface area contributed by atoms with Crippen LogP contribution in [-0.4, -0.2) is 24.1 Å². The molecule has 0 aliphatic heterocycles. The fourth-order valence-electron chi connectivity index (χ4n) is 9.21. The normalized spacial score (nSPS) is 11.4. The molecule has 0 bridgehead atoms. The van der Waals surface area contributed by atoms with Crippen molar-refractivity contribution < 1.29 is 0 Å². The number of nitriles is 1. The molecule has 0 saturated carbocycles. The lowest BCUT2D eigenvalue weighted by atomic mass is 10.0. The monoisotopic (exact) mass is 816 g/mol. The predicted molar refractivity (Wildman–Crippen MR) is 260 cm³/mol. The lowest BCUT2D eigenvalue weighted by Gasteiger charge is -2.17. The molecule has 12 aromatic rings. The number of hydrogen-bond donors (Lipinski definition) is 0. The molecule has 0 radical (unpaired) electrons. The van der Waals surface area contributed by atoms with Gasteiger partial charge in [-0.1, -0.05) is 170 Å². The first-order valence-electron chi connectivity index (χ1n) is 21.3. The highest BCUT2D eigenvalue weighted by Gasteiger charge is 2.21. The van der Waals surface area contributed by atoms with E-state index in [1.54, 1.807) is 6.07 Å². The molecule has 64 heavy (non-hydrogen) atoms. The number of fused-ring (bicyclic) bond motifs is 6. The van der Waals surface area contributed by atoms with Gasteiger partial charge in [-0.05, 0) is 65.2 Å². The van der Waals surface area contributed by atoms with Gasteiger partial charge in [0.25, 0.3) is 0 Å². The van der Waals surface area contributed by atoms with E-state index in [4.69, 9.17) is 15.0 Å². The van der Waals surface area contributed by atoms with Crippen molar-refractivity contribution in [1.29, 1.82) is 5.26 Å². The molecule has 12 rings (SSSR count). The Balaban J connectivity index is 1.10. The number of benzene rings is 9. The average Bonchev–Trinajstić information content (AvgIpc) is 3.89. The van der Waals surface area contributed by atoms with Gasteiger partial charge in [-0.25, -0.2) is 15.0 Å². The summed E-state index contributed by atoms with van der Waals surface area (Å²) in [6, 6.07) is 78.2. The van der Waals surface area contributed by atoms with Crippen molar-refractivity contribution in [2.45, 2.75) is 0 Å². The van der Waals surface area contributed by atoms with Crippen LogP contribution in [0, 0.1) is 11.3 Å². The summed E-state index contributed by atoms with van der Waals surface area (Å²) in [6.45, 7) is 0. The van der Waals surface area contributed by atoms with Crippen LogP contribution < -0.4 is 0 Å². The topological polar surface area (TPSA) is 72.3 Å². The maximum Gasteiger partial charge on any atom is 0.164 e. The van der Waals surface area contributed by atoms with Crippen LogP contribution in [0.15, 0.2) is 218 Å². The third kappa shape index (κ3) is 6.22. The van der Waals surface area contributed by atoms with Gasteiger partial charge in [-0.15, -0.1) is 0 Å². The summed E-state index contributed by atoms with van der Waals surface area (Å²) >= 11 is 0. The molecule has 298 valence electrons. The van der Waals surface area contributed by atoms with E-state index < -0.39 is 0 Å². The Morgan fingerprint density at radius 1 is 0.328 bits per heavy atom. The van der Waals surface area contributed by atoms with Crippen molar-refractivity contribution in [1.82, 2.24) is 24.1 Å². The Morgan fingerprint density at radius 3 is 1.42 bits per heavy atom. The number of nitrogens with zero attached hydrogens (tertiary/aromatic N) is 6. The Labute approximate surface area is 369 Å². The number of para-hydroxylation sites is 3. The maximum absolute atomic E-state index is 9.84. The van der Waals surface area contributed by atoms with Crippen LogP contribution in [0.2, 0.25) is 0 Å². The van der Waals surface area contributed by atoms with Crippen molar-refractivity contribution in [3.8, 4) is 73.9 Å². The zero-order valence-electron chi connectivity index (χ0n) is 34.5. The molecule has 0 unspecified atom stereocenters. The quantitative estimate of drug-likeness (QED) is 0.161. The highest BCUT2D eigenvalue weighted by Crippen LogP contribution is 2.40. The van der Waals surface area contributed by atoms with Gasteiger partial charge in [0, 0.05) is 49.5 Å². The van der Waals surface area contributed by atoms with Crippen LogP contribution in [-0.2, 0) is 0 Å². The standard InChI is InChI=1S/C58H36N6/c59-37-38-14-13-19-43(34-38)57-60-56(42-28-26-40(27-29-42)39-15-3-1-4-16-39)61-58(62-57)44-30-32-46(41-17-5-2-6-18-41)54(35-44)64-53-25-12-9-22-49(53)50-33-31-45(36-55(50)64)63-51-23-10-7-20-47(51)48-21-8-11-24-52(48)63/h1-36H. The number of hydrogen-bond acceptors (Lipinski definition) is 4. The van der Waals surface area contributed by atoms with Gasteiger partial charge in [-0.3, -0.25) is 0 Å². The van der Waals surface area contributed by atoms with Crippen molar-refractivity contribution in [2.24, 2.45) is 0 Å². The fraction of sp³-hybridized carbons (Fsp3) is 0. The van der Waals surface area contributed by atoms with E-state index in [1.165, 1.54) is 10.8 Å². The van der Waals surface area contributed by atoms with E-state index in [-0.39, 0.29) is 0 Å². The average molecular weight is 817 g/mol. The summed E-state index contributed by atoms with van der Waals surface area (Å²) < 4.78 is 4.78. The van der Waals surface area contributed by atoms with Crippen LogP contribution in [0.4, 0.5) is 0 Å². The van der Waals surface area contributed by atoms with Gasteiger partial charge < -0.3 is 9.13 Å². The first kappa shape index (κ1) is 36.9. The lowest BCUT2D eigenvalue weighted by molar-refractivity contribution is 1.07. The Bertz CT molecular complexity index is 3730. The minimum atomic E-state index is 0.491. The van der Waals surface area contributed by atoms with Crippen LogP contribution in [0.5, 0.6) is 0 Å². The molecule has 6 heteroatoms. The zero-order chi connectivity index (χ0) is 42.6. The second-order valence-corrected chi connectivity index (χ2v) is 16.0. The van der Waals surface area contributed by atoms with Crippen LogP contribution >= 0.6 is 0 Å². The summed E-state index contributed by atoms with van der Waals surface area (Å²) in [5.41, 5.74) is 14.0. The van der Waals surface area contributed by atoms with Crippen molar-refractivity contribution in [2.75, 3.05) is 0 Å².